The van der Waals surface area contributed by atoms with Crippen LogP contribution in [0, 0.1) is 17.0 Å². The van der Waals surface area contributed by atoms with Crippen LogP contribution in [0.25, 0.3) is 5.57 Å². The molecule has 0 unspecified atom stereocenters. The van der Waals surface area contributed by atoms with Gasteiger partial charge < -0.3 is 5.32 Å². The summed E-state index contributed by atoms with van der Waals surface area (Å²) in [7, 11) is 0. The molecule has 0 spiro atoms. The molecule has 0 saturated heterocycles. The molecule has 0 bridgehead atoms. The molecule has 0 aromatic heterocycles. The highest BCUT2D eigenvalue weighted by Crippen LogP contribution is 2.32. The maximum absolute atomic E-state index is 13.4. The van der Waals surface area contributed by atoms with E-state index in [0.29, 0.717) is 11.3 Å². The summed E-state index contributed by atoms with van der Waals surface area (Å²) in [5, 5.41) is 14.2. The van der Waals surface area contributed by atoms with Crippen LogP contribution in [0.15, 0.2) is 78.5 Å². The van der Waals surface area contributed by atoms with Crippen molar-refractivity contribution in [3.8, 4) is 0 Å². The third kappa shape index (κ3) is 4.52. The summed E-state index contributed by atoms with van der Waals surface area (Å²) in [6.07, 6.45) is 0.888. The summed E-state index contributed by atoms with van der Waals surface area (Å²) < 4.78 is 0. The Morgan fingerprint density at radius 2 is 1.45 bits per heavy atom. The second-order valence-corrected chi connectivity index (χ2v) is 7.91. The summed E-state index contributed by atoms with van der Waals surface area (Å²) in [6.45, 7) is 4.16. The molecule has 33 heavy (non-hydrogen) atoms. The van der Waals surface area contributed by atoms with Gasteiger partial charge in [0.05, 0.1) is 17.0 Å². The van der Waals surface area contributed by atoms with E-state index in [2.05, 4.69) is 12.2 Å². The Hall–Kier alpha value is -4.26. The van der Waals surface area contributed by atoms with E-state index in [1.807, 2.05) is 55.5 Å². The first-order valence-corrected chi connectivity index (χ1v) is 10.6. The van der Waals surface area contributed by atoms with E-state index < -0.39 is 16.7 Å². The number of nitro groups is 1. The predicted octanol–water partition coefficient (Wildman–Crippen LogP) is 4.86. The van der Waals surface area contributed by atoms with E-state index in [0.717, 1.165) is 23.1 Å². The number of nitro benzene ring substituents is 1. The number of aryl methyl sites for hydroxylation is 2. The molecule has 0 radical (unpaired) electrons. The molecule has 7 nitrogen and oxygen atoms in total. The molecule has 0 fully saturated rings. The first kappa shape index (κ1) is 22.0. The van der Waals surface area contributed by atoms with Gasteiger partial charge in [0.1, 0.15) is 5.70 Å². The molecule has 1 heterocycles. The second-order valence-electron chi connectivity index (χ2n) is 7.91. The van der Waals surface area contributed by atoms with Crippen molar-refractivity contribution in [3.05, 3.63) is 111 Å². The van der Waals surface area contributed by atoms with Gasteiger partial charge in [-0.15, -0.1) is 0 Å². The van der Waals surface area contributed by atoms with Crippen molar-refractivity contribution in [2.24, 2.45) is 0 Å². The number of imide groups is 1. The van der Waals surface area contributed by atoms with Crippen molar-refractivity contribution in [1.82, 2.24) is 4.90 Å². The molecule has 1 aliphatic heterocycles. The van der Waals surface area contributed by atoms with Crippen LogP contribution in [0.1, 0.15) is 29.2 Å². The van der Waals surface area contributed by atoms with Gasteiger partial charge in [-0.25, -0.2) is 0 Å². The third-order valence-corrected chi connectivity index (χ3v) is 5.63. The maximum Gasteiger partial charge on any atom is 0.278 e. The normalized spacial score (nSPS) is 13.6. The third-order valence-electron chi connectivity index (χ3n) is 5.63. The van der Waals surface area contributed by atoms with Gasteiger partial charge >= 0.3 is 0 Å². The average Bonchev–Trinajstić information content (AvgIpc) is 3.05. The van der Waals surface area contributed by atoms with Crippen molar-refractivity contribution in [1.29, 1.82) is 0 Å². The van der Waals surface area contributed by atoms with Crippen molar-refractivity contribution in [3.63, 3.8) is 0 Å². The number of hydrogen-bond acceptors (Lipinski definition) is 5. The van der Waals surface area contributed by atoms with Crippen LogP contribution in [0.3, 0.4) is 0 Å². The molecule has 1 aliphatic rings. The van der Waals surface area contributed by atoms with Crippen molar-refractivity contribution >= 4 is 28.8 Å². The number of hydrogen-bond donors (Lipinski definition) is 1. The number of amides is 2. The molecule has 7 heteroatoms. The molecule has 0 aliphatic carbocycles. The Bertz CT molecular complexity index is 1240. The number of rotatable bonds is 7. The second kappa shape index (κ2) is 9.08. The lowest BCUT2D eigenvalue weighted by Crippen LogP contribution is -2.32. The standard InChI is InChI=1S/C26H23N3O4/c1-3-18-8-12-21(13-9-18)27-24-23(20-10-14-22(15-11-20)29(32)33)25(30)28(26(24)31)16-19-6-4-17(2)5-7-19/h4-15,27H,3,16H2,1-2H3. The van der Waals surface area contributed by atoms with E-state index in [4.69, 9.17) is 0 Å². The van der Waals surface area contributed by atoms with Gasteiger partial charge in [-0.05, 0) is 54.3 Å². The topological polar surface area (TPSA) is 92.6 Å². The van der Waals surface area contributed by atoms with Gasteiger partial charge in [-0.2, -0.15) is 0 Å². The zero-order valence-electron chi connectivity index (χ0n) is 18.4. The van der Waals surface area contributed by atoms with Crippen molar-refractivity contribution in [2.75, 3.05) is 5.32 Å². The summed E-state index contributed by atoms with van der Waals surface area (Å²) in [4.78, 5) is 38.5. The molecular weight excluding hydrogens is 418 g/mol. The molecule has 3 aromatic carbocycles. The van der Waals surface area contributed by atoms with E-state index in [1.165, 1.54) is 29.2 Å². The fourth-order valence-electron chi connectivity index (χ4n) is 3.70. The highest BCUT2D eigenvalue weighted by atomic mass is 16.6. The van der Waals surface area contributed by atoms with Crippen molar-refractivity contribution < 1.29 is 14.5 Å². The number of carbonyl (C=O) groups is 2. The number of benzene rings is 3. The first-order valence-electron chi connectivity index (χ1n) is 10.6. The van der Waals surface area contributed by atoms with E-state index in [1.54, 1.807) is 0 Å². The van der Waals surface area contributed by atoms with E-state index in [-0.39, 0.29) is 23.5 Å². The number of nitrogens with zero attached hydrogens (tertiary/aromatic N) is 2. The number of anilines is 1. The fourth-order valence-corrected chi connectivity index (χ4v) is 3.70. The zero-order chi connectivity index (χ0) is 23.5. The SMILES string of the molecule is CCc1ccc(NC2=C(c3ccc([N+](=O)[O-])cc3)C(=O)N(Cc3ccc(C)cc3)C2=O)cc1. The van der Waals surface area contributed by atoms with E-state index >= 15 is 0 Å². The minimum atomic E-state index is -0.502. The van der Waals surface area contributed by atoms with Gasteiger partial charge in [-0.1, -0.05) is 48.9 Å². The van der Waals surface area contributed by atoms with E-state index in [9.17, 15) is 19.7 Å². The van der Waals surface area contributed by atoms with Gasteiger partial charge in [0, 0.05) is 17.8 Å². The van der Waals surface area contributed by atoms with Crippen LogP contribution in [-0.2, 0) is 22.6 Å². The summed E-state index contributed by atoms with van der Waals surface area (Å²) in [5.41, 5.74) is 4.46. The summed E-state index contributed by atoms with van der Waals surface area (Å²) >= 11 is 0. The lowest BCUT2D eigenvalue weighted by atomic mass is 10.0. The summed E-state index contributed by atoms with van der Waals surface area (Å²) in [5.74, 6) is -0.879. The number of non-ortho nitro benzene ring substituents is 1. The molecule has 2 amide bonds. The van der Waals surface area contributed by atoms with Crippen LogP contribution in [-0.4, -0.2) is 21.6 Å². The average molecular weight is 441 g/mol. The molecular formula is C26H23N3O4. The predicted molar refractivity (Wildman–Crippen MR) is 126 cm³/mol. The first-order chi connectivity index (χ1) is 15.9. The minimum absolute atomic E-state index is 0.0858. The maximum atomic E-state index is 13.4. The zero-order valence-corrected chi connectivity index (χ0v) is 18.4. The van der Waals surface area contributed by atoms with Crippen LogP contribution in [0.2, 0.25) is 0 Å². The van der Waals surface area contributed by atoms with Gasteiger partial charge in [0.15, 0.2) is 0 Å². The highest BCUT2D eigenvalue weighted by molar-refractivity contribution is 6.36. The molecule has 4 rings (SSSR count). The van der Waals surface area contributed by atoms with Crippen LogP contribution >= 0.6 is 0 Å². The van der Waals surface area contributed by atoms with Gasteiger partial charge in [0.25, 0.3) is 17.5 Å². The van der Waals surface area contributed by atoms with Gasteiger partial charge in [-0.3, -0.25) is 24.6 Å². The molecule has 3 aromatic rings. The Morgan fingerprint density at radius 3 is 2.03 bits per heavy atom. The van der Waals surface area contributed by atoms with Crippen LogP contribution < -0.4 is 5.32 Å². The molecule has 0 atom stereocenters. The smallest absolute Gasteiger partial charge is 0.278 e. The Labute approximate surface area is 191 Å². The Morgan fingerprint density at radius 1 is 0.848 bits per heavy atom. The molecule has 1 N–H and O–H groups in total. The minimum Gasteiger partial charge on any atom is -0.350 e. The number of nitrogens with one attached hydrogen (secondary N) is 1. The van der Waals surface area contributed by atoms with Crippen LogP contribution in [0.5, 0.6) is 0 Å². The Kier molecular flexibility index (Phi) is 6.04. The number of carbonyl (C=O) groups excluding carboxylic acids is 2. The highest BCUT2D eigenvalue weighted by Gasteiger charge is 2.39. The lowest BCUT2D eigenvalue weighted by Gasteiger charge is -2.15. The molecule has 0 saturated carbocycles. The van der Waals surface area contributed by atoms with Gasteiger partial charge in [0.2, 0.25) is 0 Å². The monoisotopic (exact) mass is 441 g/mol. The van der Waals surface area contributed by atoms with Crippen molar-refractivity contribution in [2.45, 2.75) is 26.8 Å². The fraction of sp³-hybridized carbons (Fsp3) is 0.154. The Balaban J connectivity index is 1.72. The summed E-state index contributed by atoms with van der Waals surface area (Å²) in [6, 6.07) is 20.9. The largest absolute Gasteiger partial charge is 0.350 e. The lowest BCUT2D eigenvalue weighted by molar-refractivity contribution is -0.384. The quantitative estimate of drug-likeness (QED) is 0.321. The van der Waals surface area contributed by atoms with Crippen LogP contribution in [0.4, 0.5) is 11.4 Å². The molecule has 166 valence electrons.